The summed E-state index contributed by atoms with van der Waals surface area (Å²) >= 11 is 25.2. The Balaban J connectivity index is 2.00. The lowest BCUT2D eigenvalue weighted by molar-refractivity contribution is 0.100. The fraction of sp³-hybridized carbons (Fsp3) is 0.286. The van der Waals surface area contributed by atoms with Crippen LogP contribution in [-0.4, -0.2) is 11.6 Å². The number of rotatable bonds is 11. The number of unbranched alkanes of at least 4 members (excludes halogenated alkanes) is 5. The fourth-order valence-corrected chi connectivity index (χ4v) is 5.08. The molecule has 0 aromatic heterocycles. The van der Waals surface area contributed by atoms with E-state index >= 15 is 0 Å². The van der Waals surface area contributed by atoms with E-state index in [4.69, 9.17) is 46.4 Å². The summed E-state index contributed by atoms with van der Waals surface area (Å²) in [6.07, 6.45) is 7.82. The number of carbonyl (C=O) groups excluding carboxylic acids is 2. The Kier molecular flexibility index (Phi) is 10.0. The van der Waals surface area contributed by atoms with Crippen molar-refractivity contribution >= 4 is 58.0 Å². The maximum Gasteiger partial charge on any atom is 0.196 e. The summed E-state index contributed by atoms with van der Waals surface area (Å²) in [6, 6.07) is 15.1. The van der Waals surface area contributed by atoms with Crippen LogP contribution in [-0.2, 0) is 6.42 Å². The molecule has 0 saturated carbocycles. The Morgan fingerprint density at radius 2 is 1.09 bits per heavy atom. The van der Waals surface area contributed by atoms with E-state index in [0.717, 1.165) is 24.8 Å². The van der Waals surface area contributed by atoms with Gasteiger partial charge in [-0.15, -0.1) is 0 Å². The van der Waals surface area contributed by atoms with Crippen LogP contribution in [0.25, 0.3) is 0 Å². The van der Waals surface area contributed by atoms with Crippen molar-refractivity contribution in [2.24, 2.45) is 0 Å². The van der Waals surface area contributed by atoms with Gasteiger partial charge in [-0.05, 0) is 48.7 Å². The Morgan fingerprint density at radius 3 is 1.62 bits per heavy atom. The number of hydrogen-bond donors (Lipinski definition) is 0. The van der Waals surface area contributed by atoms with Gasteiger partial charge in [0.25, 0.3) is 0 Å². The molecule has 3 rings (SSSR count). The van der Waals surface area contributed by atoms with Gasteiger partial charge in [0.05, 0.1) is 31.2 Å². The standard InChI is InChI=1S/C28H26Cl4O2/c1-2-3-4-5-6-7-10-18-15-16-19(27(33)25-21(29)11-8-12-22(25)30)20(17-18)28(34)26-23(31)13-9-14-24(26)32/h8-9,11-17H,2-7,10H2,1H3. The number of hydrogen-bond acceptors (Lipinski definition) is 2. The predicted octanol–water partition coefficient (Wildman–Crippen LogP) is 9.67. The second kappa shape index (κ2) is 12.7. The average Bonchev–Trinajstić information content (AvgIpc) is 2.80. The first-order valence-corrected chi connectivity index (χ1v) is 13.0. The zero-order chi connectivity index (χ0) is 24.7. The molecule has 3 aromatic carbocycles. The smallest absolute Gasteiger partial charge is 0.196 e. The van der Waals surface area contributed by atoms with Crippen LogP contribution in [0.1, 0.15) is 82.9 Å². The molecule has 0 spiro atoms. The highest BCUT2D eigenvalue weighted by Crippen LogP contribution is 2.32. The van der Waals surface area contributed by atoms with Gasteiger partial charge in [0.2, 0.25) is 0 Å². The number of benzene rings is 3. The maximum absolute atomic E-state index is 13.6. The molecule has 0 aliphatic rings. The second-order valence-corrected chi connectivity index (χ2v) is 9.88. The summed E-state index contributed by atoms with van der Waals surface area (Å²) in [5, 5.41) is 0.909. The van der Waals surface area contributed by atoms with Crippen LogP contribution < -0.4 is 0 Å². The molecule has 0 amide bonds. The van der Waals surface area contributed by atoms with Gasteiger partial charge in [-0.3, -0.25) is 9.59 Å². The molecule has 0 aliphatic carbocycles. The van der Waals surface area contributed by atoms with Crippen molar-refractivity contribution in [2.45, 2.75) is 51.9 Å². The lowest BCUT2D eigenvalue weighted by atomic mass is 9.90. The van der Waals surface area contributed by atoms with E-state index in [-0.39, 0.29) is 42.3 Å². The first-order valence-electron chi connectivity index (χ1n) is 11.5. The minimum absolute atomic E-state index is 0.161. The lowest BCUT2D eigenvalue weighted by Gasteiger charge is -2.14. The third-order valence-electron chi connectivity index (χ3n) is 5.77. The van der Waals surface area contributed by atoms with E-state index in [1.807, 2.05) is 6.07 Å². The Bertz CT molecular complexity index is 1150. The van der Waals surface area contributed by atoms with E-state index in [1.165, 1.54) is 25.7 Å². The molecule has 0 unspecified atom stereocenters. The quantitative estimate of drug-likeness (QED) is 0.181. The summed E-state index contributed by atoms with van der Waals surface area (Å²) in [5.74, 6) is -0.833. The van der Waals surface area contributed by atoms with Crippen LogP contribution in [0.5, 0.6) is 0 Å². The van der Waals surface area contributed by atoms with E-state index < -0.39 is 11.6 Å². The van der Waals surface area contributed by atoms with Crippen LogP contribution in [0.4, 0.5) is 0 Å². The van der Waals surface area contributed by atoms with Crippen LogP contribution in [0.2, 0.25) is 20.1 Å². The molecule has 0 radical (unpaired) electrons. The van der Waals surface area contributed by atoms with Crippen molar-refractivity contribution < 1.29 is 9.59 Å². The molecule has 34 heavy (non-hydrogen) atoms. The highest BCUT2D eigenvalue weighted by atomic mass is 35.5. The molecule has 0 heterocycles. The van der Waals surface area contributed by atoms with Gasteiger partial charge in [0.15, 0.2) is 11.6 Å². The molecule has 2 nitrogen and oxygen atoms in total. The highest BCUT2D eigenvalue weighted by molar-refractivity contribution is 6.43. The first-order chi connectivity index (χ1) is 16.3. The van der Waals surface area contributed by atoms with Gasteiger partial charge in [0, 0.05) is 11.1 Å². The van der Waals surface area contributed by atoms with Crippen molar-refractivity contribution in [3.63, 3.8) is 0 Å². The van der Waals surface area contributed by atoms with Crippen molar-refractivity contribution in [3.05, 3.63) is 103 Å². The molecule has 0 atom stereocenters. The molecule has 0 N–H and O–H groups in total. The minimum Gasteiger partial charge on any atom is -0.288 e. The molecular weight excluding hydrogens is 510 g/mol. The lowest BCUT2D eigenvalue weighted by Crippen LogP contribution is -2.13. The summed E-state index contributed by atoms with van der Waals surface area (Å²) in [4.78, 5) is 27.1. The van der Waals surface area contributed by atoms with Crippen molar-refractivity contribution in [1.29, 1.82) is 0 Å². The monoisotopic (exact) mass is 534 g/mol. The summed E-state index contributed by atoms with van der Waals surface area (Å²) in [7, 11) is 0. The third kappa shape index (κ3) is 6.43. The molecule has 0 fully saturated rings. The topological polar surface area (TPSA) is 34.1 Å². The molecule has 0 aliphatic heterocycles. The second-order valence-electron chi connectivity index (χ2n) is 8.25. The minimum atomic E-state index is -0.423. The molecule has 178 valence electrons. The third-order valence-corrected chi connectivity index (χ3v) is 7.03. The molecule has 3 aromatic rings. The number of carbonyl (C=O) groups is 2. The van der Waals surface area contributed by atoms with Gasteiger partial charge >= 0.3 is 0 Å². The molecule has 0 saturated heterocycles. The SMILES string of the molecule is CCCCCCCCc1ccc(C(=O)c2c(Cl)cccc2Cl)c(C(=O)c2c(Cl)cccc2Cl)c1. The molecule has 6 heteroatoms. The largest absolute Gasteiger partial charge is 0.288 e. The van der Waals surface area contributed by atoms with Crippen molar-refractivity contribution in [3.8, 4) is 0 Å². The maximum atomic E-state index is 13.6. The molecular formula is C28H26Cl4O2. The van der Waals surface area contributed by atoms with Crippen molar-refractivity contribution in [1.82, 2.24) is 0 Å². The summed E-state index contributed by atoms with van der Waals surface area (Å²) in [6.45, 7) is 2.20. The highest BCUT2D eigenvalue weighted by Gasteiger charge is 2.25. The predicted molar refractivity (Wildman–Crippen MR) is 143 cm³/mol. The van der Waals surface area contributed by atoms with E-state index in [9.17, 15) is 9.59 Å². The number of ketones is 2. The van der Waals surface area contributed by atoms with Crippen LogP contribution in [0.3, 0.4) is 0 Å². The van der Waals surface area contributed by atoms with Crippen LogP contribution >= 0.6 is 46.4 Å². The Hall–Kier alpha value is -1.84. The first kappa shape index (κ1) is 26.8. The average molecular weight is 536 g/mol. The summed E-state index contributed by atoms with van der Waals surface area (Å²) < 4.78 is 0. The fourth-order valence-electron chi connectivity index (χ4n) is 3.94. The number of halogens is 4. The normalized spacial score (nSPS) is 11.0. The van der Waals surface area contributed by atoms with Gasteiger partial charge < -0.3 is 0 Å². The van der Waals surface area contributed by atoms with E-state index in [2.05, 4.69) is 6.92 Å². The number of aryl methyl sites for hydroxylation is 1. The summed E-state index contributed by atoms with van der Waals surface area (Å²) in [5.41, 5.74) is 1.75. The van der Waals surface area contributed by atoms with Gasteiger partial charge in [-0.25, -0.2) is 0 Å². The van der Waals surface area contributed by atoms with E-state index in [1.54, 1.807) is 48.5 Å². The van der Waals surface area contributed by atoms with Crippen LogP contribution in [0.15, 0.2) is 54.6 Å². The zero-order valence-corrected chi connectivity index (χ0v) is 22.0. The van der Waals surface area contributed by atoms with Gasteiger partial charge in [-0.2, -0.15) is 0 Å². The Morgan fingerprint density at radius 1 is 0.618 bits per heavy atom. The van der Waals surface area contributed by atoms with Crippen molar-refractivity contribution in [2.75, 3.05) is 0 Å². The molecule has 0 bridgehead atoms. The van der Waals surface area contributed by atoms with E-state index in [0.29, 0.717) is 0 Å². The zero-order valence-electron chi connectivity index (χ0n) is 19.0. The Labute approximate surface area is 221 Å². The van der Waals surface area contributed by atoms with Gasteiger partial charge in [0.1, 0.15) is 0 Å². The van der Waals surface area contributed by atoms with Gasteiger partial charge in [-0.1, -0.05) is 110 Å². The van der Waals surface area contributed by atoms with Crippen LogP contribution in [0, 0.1) is 0 Å².